The molecule has 0 aromatic carbocycles. The third-order valence-corrected chi connectivity index (χ3v) is 3.37. The standard InChI is InChI=1S/C14H18N4O/c1-2-12(10-19-7-1)8-16-13-3-4-14(17-9-13)18-6-5-15-11-18/h3-6,9,11-12,16H,1-2,7-8,10H2. The molecule has 1 fully saturated rings. The van der Waals surface area contributed by atoms with E-state index in [1.807, 2.05) is 29.1 Å². The first kappa shape index (κ1) is 12.2. The van der Waals surface area contributed by atoms with E-state index >= 15 is 0 Å². The Labute approximate surface area is 112 Å². The number of aromatic nitrogens is 3. The van der Waals surface area contributed by atoms with Crippen LogP contribution in [0.15, 0.2) is 37.1 Å². The van der Waals surface area contributed by atoms with Crippen LogP contribution in [0.4, 0.5) is 5.69 Å². The highest BCUT2D eigenvalue weighted by molar-refractivity contribution is 5.43. The van der Waals surface area contributed by atoms with Gasteiger partial charge in [0, 0.05) is 25.5 Å². The molecule has 1 aliphatic heterocycles. The average Bonchev–Trinajstić information content (AvgIpc) is 3.01. The van der Waals surface area contributed by atoms with E-state index in [1.54, 1.807) is 12.5 Å². The predicted molar refractivity (Wildman–Crippen MR) is 73.4 cm³/mol. The van der Waals surface area contributed by atoms with Gasteiger partial charge in [0.15, 0.2) is 0 Å². The number of pyridine rings is 1. The Bertz CT molecular complexity index is 489. The van der Waals surface area contributed by atoms with Crippen LogP contribution < -0.4 is 5.32 Å². The Balaban J connectivity index is 1.57. The zero-order valence-corrected chi connectivity index (χ0v) is 10.8. The molecule has 0 saturated carbocycles. The van der Waals surface area contributed by atoms with Gasteiger partial charge in [-0.3, -0.25) is 4.57 Å². The quantitative estimate of drug-likeness (QED) is 0.912. The fourth-order valence-electron chi connectivity index (χ4n) is 2.27. The number of imidazole rings is 1. The van der Waals surface area contributed by atoms with Crippen LogP contribution in [-0.2, 0) is 4.74 Å². The molecule has 5 heteroatoms. The number of rotatable bonds is 4. The van der Waals surface area contributed by atoms with Gasteiger partial charge in [-0.25, -0.2) is 9.97 Å². The lowest BCUT2D eigenvalue weighted by molar-refractivity contribution is 0.0595. The van der Waals surface area contributed by atoms with Crippen molar-refractivity contribution in [1.82, 2.24) is 14.5 Å². The summed E-state index contributed by atoms with van der Waals surface area (Å²) in [6.45, 7) is 2.73. The lowest BCUT2D eigenvalue weighted by Crippen LogP contribution is -2.24. The van der Waals surface area contributed by atoms with E-state index in [-0.39, 0.29) is 0 Å². The van der Waals surface area contributed by atoms with Gasteiger partial charge in [0.05, 0.1) is 18.5 Å². The van der Waals surface area contributed by atoms with Crippen LogP contribution in [-0.4, -0.2) is 34.3 Å². The molecule has 1 atom stereocenters. The largest absolute Gasteiger partial charge is 0.383 e. The molecule has 19 heavy (non-hydrogen) atoms. The second-order valence-electron chi connectivity index (χ2n) is 4.84. The monoisotopic (exact) mass is 258 g/mol. The molecule has 0 aliphatic carbocycles. The first-order valence-electron chi connectivity index (χ1n) is 6.68. The van der Waals surface area contributed by atoms with Crippen LogP contribution in [0.3, 0.4) is 0 Å². The van der Waals surface area contributed by atoms with Gasteiger partial charge in [-0.15, -0.1) is 0 Å². The minimum Gasteiger partial charge on any atom is -0.383 e. The third-order valence-electron chi connectivity index (χ3n) is 3.37. The zero-order valence-electron chi connectivity index (χ0n) is 10.8. The van der Waals surface area contributed by atoms with Gasteiger partial charge in [-0.05, 0) is 30.9 Å². The lowest BCUT2D eigenvalue weighted by Gasteiger charge is -2.22. The summed E-state index contributed by atoms with van der Waals surface area (Å²) in [5.41, 5.74) is 1.05. The van der Waals surface area contributed by atoms with Crippen molar-refractivity contribution >= 4 is 5.69 Å². The molecule has 0 spiro atoms. The highest BCUT2D eigenvalue weighted by atomic mass is 16.5. The molecule has 1 aliphatic rings. The van der Waals surface area contributed by atoms with E-state index < -0.39 is 0 Å². The minimum absolute atomic E-state index is 0.613. The number of nitrogens with zero attached hydrogens (tertiary/aromatic N) is 3. The second kappa shape index (κ2) is 5.84. The van der Waals surface area contributed by atoms with E-state index in [9.17, 15) is 0 Å². The molecule has 0 radical (unpaired) electrons. The summed E-state index contributed by atoms with van der Waals surface area (Å²) in [7, 11) is 0. The summed E-state index contributed by atoms with van der Waals surface area (Å²) < 4.78 is 7.36. The van der Waals surface area contributed by atoms with Crippen molar-refractivity contribution in [1.29, 1.82) is 0 Å². The summed E-state index contributed by atoms with van der Waals surface area (Å²) in [6.07, 6.45) is 9.65. The maximum atomic E-state index is 5.47. The van der Waals surface area contributed by atoms with Crippen LogP contribution in [0.2, 0.25) is 0 Å². The number of nitrogens with one attached hydrogen (secondary N) is 1. The molecular formula is C14H18N4O. The van der Waals surface area contributed by atoms with Gasteiger partial charge in [0.1, 0.15) is 12.1 Å². The molecule has 2 aromatic heterocycles. The molecule has 1 unspecified atom stereocenters. The topological polar surface area (TPSA) is 52.0 Å². The van der Waals surface area contributed by atoms with Crippen molar-refractivity contribution in [3.63, 3.8) is 0 Å². The lowest BCUT2D eigenvalue weighted by atomic mass is 10.0. The molecule has 2 aromatic rings. The van der Waals surface area contributed by atoms with Gasteiger partial charge in [0.25, 0.3) is 0 Å². The minimum atomic E-state index is 0.613. The highest BCUT2D eigenvalue weighted by Crippen LogP contribution is 2.15. The highest BCUT2D eigenvalue weighted by Gasteiger charge is 2.13. The molecule has 5 nitrogen and oxygen atoms in total. The first-order chi connectivity index (χ1) is 9.42. The summed E-state index contributed by atoms with van der Waals surface area (Å²) in [6, 6.07) is 4.04. The molecular weight excluding hydrogens is 240 g/mol. The fourth-order valence-corrected chi connectivity index (χ4v) is 2.27. The number of anilines is 1. The SMILES string of the molecule is c1cn(-c2ccc(NCC3CCCOC3)cn2)cn1. The van der Waals surface area contributed by atoms with Crippen LogP contribution >= 0.6 is 0 Å². The van der Waals surface area contributed by atoms with Gasteiger partial charge in [-0.1, -0.05) is 0 Å². The van der Waals surface area contributed by atoms with Crippen LogP contribution in [0.1, 0.15) is 12.8 Å². The smallest absolute Gasteiger partial charge is 0.137 e. The van der Waals surface area contributed by atoms with Crippen molar-refractivity contribution in [3.8, 4) is 5.82 Å². The summed E-state index contributed by atoms with van der Waals surface area (Å²) >= 11 is 0. The first-order valence-corrected chi connectivity index (χ1v) is 6.68. The Hall–Kier alpha value is -1.88. The molecule has 3 heterocycles. The molecule has 3 rings (SSSR count). The van der Waals surface area contributed by atoms with Gasteiger partial charge in [0.2, 0.25) is 0 Å². The van der Waals surface area contributed by atoms with E-state index in [0.29, 0.717) is 5.92 Å². The molecule has 1 N–H and O–H groups in total. The van der Waals surface area contributed by atoms with Gasteiger partial charge < -0.3 is 10.1 Å². The zero-order chi connectivity index (χ0) is 12.9. The molecule has 100 valence electrons. The summed E-state index contributed by atoms with van der Waals surface area (Å²) in [4.78, 5) is 8.43. The van der Waals surface area contributed by atoms with Crippen molar-refractivity contribution in [2.75, 3.05) is 25.1 Å². The second-order valence-corrected chi connectivity index (χ2v) is 4.84. The normalized spacial score (nSPS) is 19.3. The van der Waals surface area contributed by atoms with Crippen molar-refractivity contribution in [2.45, 2.75) is 12.8 Å². The van der Waals surface area contributed by atoms with E-state index in [0.717, 1.165) is 31.3 Å². The van der Waals surface area contributed by atoms with Crippen molar-refractivity contribution in [2.24, 2.45) is 5.92 Å². The predicted octanol–water partition coefficient (Wildman–Crippen LogP) is 2.11. The Morgan fingerprint density at radius 3 is 3.11 bits per heavy atom. The maximum Gasteiger partial charge on any atom is 0.137 e. The van der Waals surface area contributed by atoms with Crippen molar-refractivity contribution < 1.29 is 4.74 Å². The maximum absolute atomic E-state index is 5.47. The summed E-state index contributed by atoms with van der Waals surface area (Å²) in [5.74, 6) is 1.49. The van der Waals surface area contributed by atoms with Crippen LogP contribution in [0.5, 0.6) is 0 Å². The molecule has 0 amide bonds. The number of hydrogen-bond acceptors (Lipinski definition) is 4. The Morgan fingerprint density at radius 1 is 1.42 bits per heavy atom. The van der Waals surface area contributed by atoms with E-state index in [2.05, 4.69) is 15.3 Å². The van der Waals surface area contributed by atoms with E-state index in [1.165, 1.54) is 12.8 Å². The molecule has 0 bridgehead atoms. The fraction of sp³-hybridized carbons (Fsp3) is 0.429. The Kier molecular flexibility index (Phi) is 3.74. The molecule has 1 saturated heterocycles. The van der Waals surface area contributed by atoms with Crippen LogP contribution in [0, 0.1) is 5.92 Å². The average molecular weight is 258 g/mol. The Morgan fingerprint density at radius 2 is 2.42 bits per heavy atom. The van der Waals surface area contributed by atoms with Crippen molar-refractivity contribution in [3.05, 3.63) is 37.1 Å². The van der Waals surface area contributed by atoms with Gasteiger partial charge in [-0.2, -0.15) is 0 Å². The third kappa shape index (κ3) is 3.12. The number of hydrogen-bond donors (Lipinski definition) is 1. The van der Waals surface area contributed by atoms with Crippen LogP contribution in [0.25, 0.3) is 5.82 Å². The summed E-state index contributed by atoms with van der Waals surface area (Å²) in [5, 5.41) is 3.42. The number of ether oxygens (including phenoxy) is 1. The van der Waals surface area contributed by atoms with Gasteiger partial charge >= 0.3 is 0 Å². The van der Waals surface area contributed by atoms with E-state index in [4.69, 9.17) is 4.74 Å².